The molecule has 4 rings (SSSR count). The first-order chi connectivity index (χ1) is 8.90. The molecule has 0 aliphatic carbocycles. The summed E-state index contributed by atoms with van der Waals surface area (Å²) < 4.78 is 10.8. The van der Waals surface area contributed by atoms with Crippen molar-refractivity contribution >= 4 is 5.69 Å². The van der Waals surface area contributed by atoms with E-state index in [-0.39, 0.29) is 0 Å². The summed E-state index contributed by atoms with van der Waals surface area (Å²) in [6.45, 7) is 3.84. The van der Waals surface area contributed by atoms with Gasteiger partial charge in [-0.1, -0.05) is 0 Å². The van der Waals surface area contributed by atoms with Gasteiger partial charge in [0, 0.05) is 30.9 Å². The number of nitrogens with one attached hydrogen (secondary N) is 1. The van der Waals surface area contributed by atoms with Crippen LogP contribution in [-0.4, -0.2) is 32.5 Å². The smallest absolute Gasteiger partial charge is 0.231 e. The van der Waals surface area contributed by atoms with Crippen LogP contribution in [0.25, 0.3) is 0 Å². The number of fused-ring (bicyclic) bond motifs is 2. The van der Waals surface area contributed by atoms with Crippen molar-refractivity contribution in [3.8, 4) is 11.5 Å². The Morgan fingerprint density at radius 2 is 2.11 bits per heavy atom. The first kappa shape index (κ1) is 10.5. The minimum absolute atomic E-state index is 0.355. The molecule has 0 bridgehead atoms. The standard InChI is InChI=1S/C14H18N2O2/c1-2-13-14(18-9-17-13)7-11(1)16-6-4-12-10(8-16)3-5-15-12/h1-2,7,10,12,15H,3-6,8-9H2. The van der Waals surface area contributed by atoms with E-state index in [1.165, 1.54) is 25.1 Å². The Morgan fingerprint density at radius 1 is 1.17 bits per heavy atom. The first-order valence-electron chi connectivity index (χ1n) is 6.78. The van der Waals surface area contributed by atoms with Crippen molar-refractivity contribution in [3.05, 3.63) is 18.2 Å². The molecule has 0 amide bonds. The summed E-state index contributed by atoms with van der Waals surface area (Å²) >= 11 is 0. The Balaban J connectivity index is 1.56. The van der Waals surface area contributed by atoms with Crippen LogP contribution in [-0.2, 0) is 0 Å². The van der Waals surface area contributed by atoms with Crippen LogP contribution in [0.5, 0.6) is 11.5 Å². The van der Waals surface area contributed by atoms with Gasteiger partial charge >= 0.3 is 0 Å². The Bertz CT molecular complexity index is 463. The first-order valence-corrected chi connectivity index (χ1v) is 6.78. The van der Waals surface area contributed by atoms with Gasteiger partial charge in [-0.15, -0.1) is 0 Å². The van der Waals surface area contributed by atoms with Gasteiger partial charge in [0.2, 0.25) is 6.79 Å². The minimum atomic E-state index is 0.355. The molecule has 96 valence electrons. The highest BCUT2D eigenvalue weighted by Gasteiger charge is 2.32. The van der Waals surface area contributed by atoms with Crippen LogP contribution in [0.1, 0.15) is 12.8 Å². The maximum atomic E-state index is 5.46. The van der Waals surface area contributed by atoms with E-state index < -0.39 is 0 Å². The molecule has 4 heteroatoms. The van der Waals surface area contributed by atoms with E-state index in [2.05, 4.69) is 22.3 Å². The van der Waals surface area contributed by atoms with E-state index in [0.29, 0.717) is 6.79 Å². The number of nitrogens with zero attached hydrogens (tertiary/aromatic N) is 1. The summed E-state index contributed by atoms with van der Waals surface area (Å²) in [5.74, 6) is 2.57. The average Bonchev–Trinajstić information content (AvgIpc) is 3.05. The van der Waals surface area contributed by atoms with Crippen LogP contribution in [0.15, 0.2) is 18.2 Å². The summed E-state index contributed by atoms with van der Waals surface area (Å²) in [4.78, 5) is 2.48. The lowest BCUT2D eigenvalue weighted by atomic mass is 9.93. The lowest BCUT2D eigenvalue weighted by Crippen LogP contribution is -2.44. The molecule has 2 unspecified atom stereocenters. The predicted octanol–water partition coefficient (Wildman–Crippen LogP) is 1.60. The second kappa shape index (κ2) is 4.05. The quantitative estimate of drug-likeness (QED) is 0.816. The normalized spacial score (nSPS) is 29.4. The zero-order valence-electron chi connectivity index (χ0n) is 10.4. The highest BCUT2D eigenvalue weighted by atomic mass is 16.7. The minimum Gasteiger partial charge on any atom is -0.454 e. The highest BCUT2D eigenvalue weighted by molar-refractivity contribution is 5.57. The van der Waals surface area contributed by atoms with Crippen molar-refractivity contribution in [1.29, 1.82) is 0 Å². The van der Waals surface area contributed by atoms with E-state index in [0.717, 1.165) is 36.5 Å². The topological polar surface area (TPSA) is 33.7 Å². The fraction of sp³-hybridized carbons (Fsp3) is 0.571. The van der Waals surface area contributed by atoms with Crippen molar-refractivity contribution in [2.24, 2.45) is 5.92 Å². The number of piperidine rings is 1. The van der Waals surface area contributed by atoms with Crippen molar-refractivity contribution in [2.75, 3.05) is 31.3 Å². The number of rotatable bonds is 1. The lowest BCUT2D eigenvalue weighted by Gasteiger charge is -2.36. The van der Waals surface area contributed by atoms with E-state index in [1.807, 2.05) is 6.07 Å². The Morgan fingerprint density at radius 3 is 3.11 bits per heavy atom. The molecule has 3 aliphatic heterocycles. The molecule has 0 spiro atoms. The third-order valence-corrected chi connectivity index (χ3v) is 4.38. The largest absolute Gasteiger partial charge is 0.454 e. The third kappa shape index (κ3) is 1.63. The summed E-state index contributed by atoms with van der Waals surface area (Å²) in [6, 6.07) is 7.04. The second-order valence-electron chi connectivity index (χ2n) is 5.38. The van der Waals surface area contributed by atoms with Crippen molar-refractivity contribution in [2.45, 2.75) is 18.9 Å². The number of ether oxygens (including phenoxy) is 2. The molecular formula is C14H18N2O2. The highest BCUT2D eigenvalue weighted by Crippen LogP contribution is 2.37. The van der Waals surface area contributed by atoms with Gasteiger partial charge < -0.3 is 19.7 Å². The van der Waals surface area contributed by atoms with Crippen molar-refractivity contribution in [3.63, 3.8) is 0 Å². The van der Waals surface area contributed by atoms with Gasteiger partial charge in [-0.2, -0.15) is 0 Å². The molecule has 18 heavy (non-hydrogen) atoms. The van der Waals surface area contributed by atoms with Gasteiger partial charge in [0.25, 0.3) is 0 Å². The van der Waals surface area contributed by atoms with Gasteiger partial charge in [-0.3, -0.25) is 0 Å². The Kier molecular flexibility index (Phi) is 2.36. The number of hydrogen-bond donors (Lipinski definition) is 1. The maximum Gasteiger partial charge on any atom is 0.231 e. The number of hydrogen-bond acceptors (Lipinski definition) is 4. The molecule has 0 aromatic heterocycles. The second-order valence-corrected chi connectivity index (χ2v) is 5.38. The molecule has 3 heterocycles. The van der Waals surface area contributed by atoms with Gasteiger partial charge in [-0.05, 0) is 37.4 Å². The molecule has 1 aromatic carbocycles. The molecule has 3 aliphatic rings. The monoisotopic (exact) mass is 246 g/mol. The van der Waals surface area contributed by atoms with Crippen LogP contribution in [0, 0.1) is 5.92 Å². The molecule has 1 aromatic rings. The zero-order chi connectivity index (χ0) is 11.9. The predicted molar refractivity (Wildman–Crippen MR) is 69.3 cm³/mol. The van der Waals surface area contributed by atoms with Crippen molar-refractivity contribution in [1.82, 2.24) is 5.32 Å². The fourth-order valence-corrected chi connectivity index (χ4v) is 3.36. The van der Waals surface area contributed by atoms with E-state index in [4.69, 9.17) is 9.47 Å². The molecule has 2 atom stereocenters. The van der Waals surface area contributed by atoms with Gasteiger partial charge in [0.1, 0.15) is 0 Å². The van der Waals surface area contributed by atoms with Crippen LogP contribution < -0.4 is 19.7 Å². The fourth-order valence-electron chi connectivity index (χ4n) is 3.36. The van der Waals surface area contributed by atoms with E-state index in [9.17, 15) is 0 Å². The SMILES string of the molecule is c1cc2c(cc1N1CCC3NCCC3C1)OCO2. The molecule has 0 saturated carbocycles. The van der Waals surface area contributed by atoms with Gasteiger partial charge in [0.15, 0.2) is 11.5 Å². The molecule has 2 fully saturated rings. The molecule has 2 saturated heterocycles. The summed E-state index contributed by atoms with van der Waals surface area (Å²) in [7, 11) is 0. The van der Waals surface area contributed by atoms with Crippen molar-refractivity contribution < 1.29 is 9.47 Å². The maximum absolute atomic E-state index is 5.46. The zero-order valence-corrected chi connectivity index (χ0v) is 10.4. The molecule has 0 radical (unpaired) electrons. The number of anilines is 1. The van der Waals surface area contributed by atoms with E-state index >= 15 is 0 Å². The van der Waals surface area contributed by atoms with Crippen LogP contribution in [0.3, 0.4) is 0 Å². The molecular weight excluding hydrogens is 228 g/mol. The number of benzene rings is 1. The van der Waals surface area contributed by atoms with Crippen LogP contribution in [0.4, 0.5) is 5.69 Å². The Labute approximate surface area is 107 Å². The van der Waals surface area contributed by atoms with Gasteiger partial charge in [0.05, 0.1) is 0 Å². The summed E-state index contributed by atoms with van der Waals surface area (Å²) in [6.07, 6.45) is 2.56. The van der Waals surface area contributed by atoms with Gasteiger partial charge in [-0.25, -0.2) is 0 Å². The van der Waals surface area contributed by atoms with Crippen LogP contribution in [0.2, 0.25) is 0 Å². The molecule has 4 nitrogen and oxygen atoms in total. The molecule has 1 N–H and O–H groups in total. The average molecular weight is 246 g/mol. The third-order valence-electron chi connectivity index (χ3n) is 4.38. The lowest BCUT2D eigenvalue weighted by molar-refractivity contribution is 0.174. The summed E-state index contributed by atoms with van der Waals surface area (Å²) in [5, 5.41) is 3.60. The summed E-state index contributed by atoms with van der Waals surface area (Å²) in [5.41, 5.74) is 1.27. The van der Waals surface area contributed by atoms with E-state index in [1.54, 1.807) is 0 Å². The van der Waals surface area contributed by atoms with Crippen LogP contribution >= 0.6 is 0 Å². The Hall–Kier alpha value is -1.42.